The van der Waals surface area contributed by atoms with Crippen molar-refractivity contribution in [3.05, 3.63) is 0 Å². The largest absolute Gasteiger partial charge is 0.394 e. The Bertz CT molecular complexity index is 202. The average Bonchev–Trinajstić information content (AvgIpc) is 2.62. The predicted octanol–water partition coefficient (Wildman–Crippen LogP) is 4.49. The van der Waals surface area contributed by atoms with Crippen LogP contribution >= 0.6 is 0 Å². The van der Waals surface area contributed by atoms with Crippen molar-refractivity contribution in [2.45, 2.75) is 104 Å². The van der Waals surface area contributed by atoms with Crippen LogP contribution in [0.25, 0.3) is 0 Å². The van der Waals surface area contributed by atoms with Crippen molar-refractivity contribution in [2.75, 3.05) is 13.2 Å². The number of aldehydes is 1. The van der Waals surface area contributed by atoms with Crippen LogP contribution in [0.1, 0.15) is 98.3 Å². The number of hydrogen-bond donors (Lipinski definition) is 3. The molecule has 0 aromatic rings. The lowest BCUT2D eigenvalue weighted by atomic mass is 9.98. The lowest BCUT2D eigenvalue weighted by Crippen LogP contribution is -2.15. The molecule has 4 nitrogen and oxygen atoms in total. The first-order chi connectivity index (χ1) is 11.6. The zero-order chi connectivity index (χ0) is 19.1. The van der Waals surface area contributed by atoms with Crippen molar-refractivity contribution in [3.8, 4) is 0 Å². The first-order valence-corrected chi connectivity index (χ1v) is 9.92. The van der Waals surface area contributed by atoms with Gasteiger partial charge in [-0.2, -0.15) is 0 Å². The number of hydrogen-bond acceptors (Lipinski definition) is 4. The van der Waals surface area contributed by atoms with Gasteiger partial charge in [0.2, 0.25) is 0 Å². The molecule has 148 valence electrons. The Hall–Kier alpha value is -0.450. The molecule has 0 aliphatic carbocycles. The van der Waals surface area contributed by atoms with E-state index in [0.29, 0.717) is 5.92 Å². The summed E-state index contributed by atoms with van der Waals surface area (Å²) in [7, 11) is 0. The third kappa shape index (κ3) is 29.5. The second-order valence-electron chi connectivity index (χ2n) is 6.26. The third-order valence-corrected chi connectivity index (χ3v) is 3.66. The predicted molar refractivity (Wildman–Crippen MR) is 103 cm³/mol. The number of aliphatic hydroxyl groups excluding tert-OH is 3. The molecule has 0 amide bonds. The molecule has 0 saturated carbocycles. The highest BCUT2D eigenvalue weighted by Crippen LogP contribution is 2.12. The van der Waals surface area contributed by atoms with Gasteiger partial charge in [0.1, 0.15) is 12.4 Å². The standard InChI is InChI=1S/C10H20O.C7H16.C3H8O3/c1-3-5-6-8-10(9-11)7-4-2;1-3-5-7-6-4-2;4-1-3(6)2-5/h9-10H,3-8H2,1-2H3;3-7H2,1-2H3;3-6H,1-2H2. The number of aliphatic hydroxyl groups is 3. The van der Waals surface area contributed by atoms with Crippen LogP contribution in [0, 0.1) is 5.92 Å². The fourth-order valence-corrected chi connectivity index (χ4v) is 2.04. The van der Waals surface area contributed by atoms with Crippen LogP contribution in [0.15, 0.2) is 0 Å². The van der Waals surface area contributed by atoms with E-state index in [1.165, 1.54) is 51.4 Å². The Balaban J connectivity index is -0.000000294. The highest BCUT2D eigenvalue weighted by Gasteiger charge is 2.04. The number of carbonyl (C=O) groups is 1. The van der Waals surface area contributed by atoms with E-state index in [0.717, 1.165) is 25.5 Å². The summed E-state index contributed by atoms with van der Waals surface area (Å²) in [4.78, 5) is 10.5. The molecule has 0 spiro atoms. The van der Waals surface area contributed by atoms with Gasteiger partial charge in [-0.15, -0.1) is 0 Å². The van der Waals surface area contributed by atoms with Crippen molar-refractivity contribution in [1.29, 1.82) is 0 Å². The second kappa shape index (κ2) is 27.4. The maximum Gasteiger partial charge on any atom is 0.123 e. The molecular formula is C20H44O4. The zero-order valence-electron chi connectivity index (χ0n) is 16.7. The van der Waals surface area contributed by atoms with Crippen molar-refractivity contribution in [3.63, 3.8) is 0 Å². The quantitative estimate of drug-likeness (QED) is 0.338. The highest BCUT2D eigenvalue weighted by atomic mass is 16.3. The minimum absolute atomic E-state index is 0.339. The van der Waals surface area contributed by atoms with E-state index in [1.54, 1.807) is 0 Å². The summed E-state index contributed by atoms with van der Waals surface area (Å²) in [6.45, 7) is 8.09. The van der Waals surface area contributed by atoms with Gasteiger partial charge < -0.3 is 20.1 Å². The van der Waals surface area contributed by atoms with E-state index in [4.69, 9.17) is 15.3 Å². The van der Waals surface area contributed by atoms with Crippen LogP contribution in [0.3, 0.4) is 0 Å². The van der Waals surface area contributed by atoms with Gasteiger partial charge in [-0.1, -0.05) is 85.5 Å². The molecule has 3 N–H and O–H groups in total. The lowest BCUT2D eigenvalue weighted by molar-refractivity contribution is -0.111. The summed E-state index contributed by atoms with van der Waals surface area (Å²) < 4.78 is 0. The first-order valence-electron chi connectivity index (χ1n) is 9.92. The molecule has 1 atom stereocenters. The van der Waals surface area contributed by atoms with E-state index in [9.17, 15) is 4.79 Å². The summed E-state index contributed by atoms with van der Waals surface area (Å²) in [6.07, 6.45) is 14.2. The Morgan fingerprint density at radius 1 is 0.708 bits per heavy atom. The van der Waals surface area contributed by atoms with Crippen molar-refractivity contribution in [1.82, 2.24) is 0 Å². The smallest absolute Gasteiger partial charge is 0.123 e. The van der Waals surface area contributed by atoms with Gasteiger partial charge in [0, 0.05) is 5.92 Å². The molecular weight excluding hydrogens is 304 g/mol. The van der Waals surface area contributed by atoms with Crippen LogP contribution in [0.4, 0.5) is 0 Å². The maximum atomic E-state index is 10.5. The van der Waals surface area contributed by atoms with Crippen LogP contribution in [-0.2, 0) is 4.79 Å². The minimum Gasteiger partial charge on any atom is -0.394 e. The number of carbonyl (C=O) groups excluding carboxylic acids is 1. The fourth-order valence-electron chi connectivity index (χ4n) is 2.04. The summed E-state index contributed by atoms with van der Waals surface area (Å²) in [6, 6.07) is 0. The van der Waals surface area contributed by atoms with Crippen LogP contribution in [-0.4, -0.2) is 40.9 Å². The van der Waals surface area contributed by atoms with E-state index in [1.807, 2.05) is 0 Å². The molecule has 0 heterocycles. The van der Waals surface area contributed by atoms with Gasteiger partial charge in [-0.3, -0.25) is 0 Å². The Labute approximate surface area is 150 Å². The SMILES string of the molecule is CCCCCC(C=O)CCC.CCCCCCC.OCC(O)CO. The third-order valence-electron chi connectivity index (χ3n) is 3.66. The normalized spacial score (nSPS) is 11.2. The molecule has 0 bridgehead atoms. The van der Waals surface area contributed by atoms with Gasteiger partial charge in [0.15, 0.2) is 0 Å². The fraction of sp³-hybridized carbons (Fsp3) is 0.950. The van der Waals surface area contributed by atoms with E-state index in [2.05, 4.69) is 27.7 Å². The molecule has 0 fully saturated rings. The Morgan fingerprint density at radius 2 is 1.17 bits per heavy atom. The van der Waals surface area contributed by atoms with Crippen molar-refractivity contribution < 1.29 is 20.1 Å². The molecule has 0 radical (unpaired) electrons. The van der Waals surface area contributed by atoms with Gasteiger partial charge >= 0.3 is 0 Å². The first kappa shape index (κ1) is 28.4. The van der Waals surface area contributed by atoms with E-state index in [-0.39, 0.29) is 13.2 Å². The van der Waals surface area contributed by atoms with Crippen molar-refractivity contribution in [2.24, 2.45) is 5.92 Å². The Morgan fingerprint density at radius 3 is 1.46 bits per heavy atom. The topological polar surface area (TPSA) is 77.8 Å². The number of unbranched alkanes of at least 4 members (excludes halogenated alkanes) is 6. The average molecular weight is 349 g/mol. The summed E-state index contributed by atoms with van der Waals surface area (Å²) in [5.41, 5.74) is 0. The molecule has 24 heavy (non-hydrogen) atoms. The van der Waals surface area contributed by atoms with Crippen LogP contribution < -0.4 is 0 Å². The molecule has 0 aromatic heterocycles. The van der Waals surface area contributed by atoms with Gasteiger partial charge in [-0.05, 0) is 12.8 Å². The zero-order valence-corrected chi connectivity index (χ0v) is 16.7. The van der Waals surface area contributed by atoms with Crippen LogP contribution in [0.5, 0.6) is 0 Å². The second-order valence-corrected chi connectivity index (χ2v) is 6.26. The summed E-state index contributed by atoms with van der Waals surface area (Å²) in [5.74, 6) is 0.339. The van der Waals surface area contributed by atoms with Gasteiger partial charge in [0.05, 0.1) is 13.2 Å². The monoisotopic (exact) mass is 348 g/mol. The molecule has 0 aliphatic heterocycles. The van der Waals surface area contributed by atoms with E-state index < -0.39 is 6.10 Å². The minimum atomic E-state index is -0.954. The van der Waals surface area contributed by atoms with Crippen molar-refractivity contribution >= 4 is 6.29 Å². The van der Waals surface area contributed by atoms with Gasteiger partial charge in [0.25, 0.3) is 0 Å². The highest BCUT2D eigenvalue weighted by molar-refractivity contribution is 5.53. The Kier molecular flexibility index (Phi) is 32.4. The lowest BCUT2D eigenvalue weighted by Gasteiger charge is -2.06. The van der Waals surface area contributed by atoms with Gasteiger partial charge in [-0.25, -0.2) is 0 Å². The molecule has 0 saturated heterocycles. The molecule has 0 aromatic carbocycles. The maximum absolute atomic E-state index is 10.5. The van der Waals surface area contributed by atoms with Crippen LogP contribution in [0.2, 0.25) is 0 Å². The summed E-state index contributed by atoms with van der Waals surface area (Å²) in [5, 5.41) is 24.0. The molecule has 1 unspecified atom stereocenters. The molecule has 0 rings (SSSR count). The molecule has 0 aliphatic rings. The molecule has 4 heteroatoms. The number of rotatable bonds is 13. The summed E-state index contributed by atoms with van der Waals surface area (Å²) >= 11 is 0. The van der Waals surface area contributed by atoms with E-state index >= 15 is 0 Å².